The Bertz CT molecular complexity index is 893. The molecule has 0 radical (unpaired) electrons. The Morgan fingerprint density at radius 1 is 1.21 bits per heavy atom. The zero-order chi connectivity index (χ0) is 21.7. The summed E-state index contributed by atoms with van der Waals surface area (Å²) in [5.41, 5.74) is -0.841. The van der Waals surface area contributed by atoms with Gasteiger partial charge in [0, 0.05) is 5.69 Å². The fraction of sp³-hybridized carbons (Fsp3) is 0.650. The lowest BCUT2D eigenvalue weighted by Crippen LogP contribution is -2.56. The fourth-order valence-corrected chi connectivity index (χ4v) is 2.93. The number of hydrogen-bond donors (Lipinski definition) is 1. The number of amides is 1. The third kappa shape index (κ3) is 3.86. The number of nitrogens with zero attached hydrogens (tertiary/aromatic N) is 3. The molecular formula is C20H29F3N4O. The molecule has 5 nitrogen and oxygen atoms in total. The molecule has 0 saturated carbocycles. The first kappa shape index (κ1) is 22.2. The highest BCUT2D eigenvalue weighted by molar-refractivity contribution is 6.07. The van der Waals surface area contributed by atoms with Gasteiger partial charge in [-0.1, -0.05) is 20.8 Å². The SMILES string of the molecule is CCC(C)(NC(=O)c1cc(C(C)C)nc2c1c(C)nn2C(C)(C)C)C(F)(F)F. The van der Waals surface area contributed by atoms with Crippen molar-refractivity contribution < 1.29 is 18.0 Å². The number of rotatable bonds is 4. The van der Waals surface area contributed by atoms with Crippen LogP contribution in [0.5, 0.6) is 0 Å². The number of pyridine rings is 1. The van der Waals surface area contributed by atoms with E-state index in [9.17, 15) is 18.0 Å². The zero-order valence-electron chi connectivity index (χ0n) is 17.7. The van der Waals surface area contributed by atoms with E-state index in [1.165, 1.54) is 6.92 Å². The van der Waals surface area contributed by atoms with Crippen LogP contribution in [0.2, 0.25) is 0 Å². The normalized spacial score (nSPS) is 15.1. The number of carbonyl (C=O) groups is 1. The van der Waals surface area contributed by atoms with E-state index in [1.54, 1.807) is 17.7 Å². The summed E-state index contributed by atoms with van der Waals surface area (Å²) < 4.78 is 42.2. The predicted octanol–water partition coefficient (Wildman–Crippen LogP) is 5.08. The summed E-state index contributed by atoms with van der Waals surface area (Å²) in [6.45, 7) is 13.9. The summed E-state index contributed by atoms with van der Waals surface area (Å²) in [6, 6.07) is 1.58. The van der Waals surface area contributed by atoms with Crippen LogP contribution in [0.25, 0.3) is 11.0 Å². The maximum Gasteiger partial charge on any atom is 0.411 e. The lowest BCUT2D eigenvalue weighted by molar-refractivity contribution is -0.188. The van der Waals surface area contributed by atoms with Gasteiger partial charge in [-0.05, 0) is 53.0 Å². The molecule has 0 aromatic carbocycles. The molecule has 2 rings (SSSR count). The molecule has 28 heavy (non-hydrogen) atoms. The molecule has 1 atom stereocenters. The van der Waals surface area contributed by atoms with Crippen molar-refractivity contribution in [2.24, 2.45) is 0 Å². The average molecular weight is 398 g/mol. The van der Waals surface area contributed by atoms with Crippen molar-refractivity contribution >= 4 is 16.9 Å². The molecule has 0 saturated heterocycles. The second-order valence-electron chi connectivity index (χ2n) is 8.75. The average Bonchev–Trinajstić information content (AvgIpc) is 2.90. The smallest absolute Gasteiger partial charge is 0.338 e. The van der Waals surface area contributed by atoms with E-state index in [0.29, 0.717) is 22.4 Å². The monoisotopic (exact) mass is 398 g/mol. The highest BCUT2D eigenvalue weighted by Crippen LogP contribution is 2.34. The predicted molar refractivity (Wildman–Crippen MR) is 104 cm³/mol. The fourth-order valence-electron chi connectivity index (χ4n) is 2.93. The van der Waals surface area contributed by atoms with E-state index in [-0.39, 0.29) is 17.9 Å². The van der Waals surface area contributed by atoms with E-state index in [0.717, 1.165) is 6.92 Å². The molecule has 0 spiro atoms. The summed E-state index contributed by atoms with van der Waals surface area (Å²) in [5.74, 6) is -0.771. The first-order chi connectivity index (χ1) is 12.6. The van der Waals surface area contributed by atoms with Crippen molar-refractivity contribution in [3.05, 3.63) is 23.0 Å². The third-order valence-electron chi connectivity index (χ3n) is 5.03. The molecule has 0 aliphatic carbocycles. The van der Waals surface area contributed by atoms with Gasteiger partial charge in [0.25, 0.3) is 5.91 Å². The molecule has 0 aliphatic heterocycles. The highest BCUT2D eigenvalue weighted by Gasteiger charge is 2.51. The summed E-state index contributed by atoms with van der Waals surface area (Å²) in [4.78, 5) is 17.7. The second kappa shape index (κ2) is 7.04. The summed E-state index contributed by atoms with van der Waals surface area (Å²) in [7, 11) is 0. The Morgan fingerprint density at radius 2 is 1.79 bits per heavy atom. The quantitative estimate of drug-likeness (QED) is 0.781. The van der Waals surface area contributed by atoms with Gasteiger partial charge in [-0.15, -0.1) is 0 Å². The summed E-state index contributed by atoms with van der Waals surface area (Å²) in [6.07, 6.45) is -4.83. The maximum atomic E-state index is 13.5. The van der Waals surface area contributed by atoms with Crippen LogP contribution in [-0.4, -0.2) is 32.4 Å². The summed E-state index contributed by atoms with van der Waals surface area (Å²) >= 11 is 0. The van der Waals surface area contributed by atoms with Crippen molar-refractivity contribution in [2.75, 3.05) is 0 Å². The van der Waals surface area contributed by atoms with Crippen LogP contribution in [0, 0.1) is 6.92 Å². The molecule has 0 fully saturated rings. The topological polar surface area (TPSA) is 59.8 Å². The molecule has 8 heteroatoms. The number of halogens is 3. The molecule has 2 heterocycles. The Hall–Kier alpha value is -2.12. The zero-order valence-corrected chi connectivity index (χ0v) is 17.7. The van der Waals surface area contributed by atoms with Gasteiger partial charge in [-0.25, -0.2) is 9.67 Å². The lowest BCUT2D eigenvalue weighted by atomic mass is 9.96. The van der Waals surface area contributed by atoms with Crippen LogP contribution >= 0.6 is 0 Å². The van der Waals surface area contributed by atoms with E-state index >= 15 is 0 Å². The Balaban J connectivity index is 2.73. The lowest BCUT2D eigenvalue weighted by Gasteiger charge is -2.32. The number of carbonyl (C=O) groups excluding carboxylic acids is 1. The van der Waals surface area contributed by atoms with Gasteiger partial charge >= 0.3 is 6.18 Å². The number of aromatic nitrogens is 3. The number of fused-ring (bicyclic) bond motifs is 1. The van der Waals surface area contributed by atoms with Crippen molar-refractivity contribution in [2.45, 2.75) is 85.0 Å². The first-order valence-corrected chi connectivity index (χ1v) is 9.42. The van der Waals surface area contributed by atoms with Crippen molar-refractivity contribution in [3.63, 3.8) is 0 Å². The number of aryl methyl sites for hydroxylation is 1. The maximum absolute atomic E-state index is 13.5. The van der Waals surface area contributed by atoms with E-state index in [1.807, 2.05) is 34.6 Å². The highest BCUT2D eigenvalue weighted by atomic mass is 19.4. The van der Waals surface area contributed by atoms with Gasteiger partial charge in [-0.3, -0.25) is 4.79 Å². The molecular weight excluding hydrogens is 369 g/mol. The minimum Gasteiger partial charge on any atom is -0.338 e. The van der Waals surface area contributed by atoms with Crippen LogP contribution in [0.15, 0.2) is 6.07 Å². The van der Waals surface area contributed by atoms with E-state index in [4.69, 9.17) is 0 Å². The van der Waals surface area contributed by atoms with Crippen molar-refractivity contribution in [3.8, 4) is 0 Å². The number of nitrogens with one attached hydrogen (secondary N) is 1. The third-order valence-corrected chi connectivity index (χ3v) is 5.03. The van der Waals surface area contributed by atoms with Gasteiger partial charge in [0.1, 0.15) is 5.54 Å². The van der Waals surface area contributed by atoms with Crippen LogP contribution < -0.4 is 5.32 Å². The van der Waals surface area contributed by atoms with Gasteiger partial charge in [-0.2, -0.15) is 18.3 Å². The van der Waals surface area contributed by atoms with Crippen LogP contribution in [0.1, 0.15) is 82.6 Å². The first-order valence-electron chi connectivity index (χ1n) is 9.42. The van der Waals surface area contributed by atoms with Gasteiger partial charge in [0.15, 0.2) is 5.65 Å². The molecule has 2 aromatic rings. The molecule has 1 N–H and O–H groups in total. The van der Waals surface area contributed by atoms with Crippen molar-refractivity contribution in [1.29, 1.82) is 0 Å². The molecule has 156 valence electrons. The largest absolute Gasteiger partial charge is 0.411 e. The van der Waals surface area contributed by atoms with Crippen LogP contribution in [0.4, 0.5) is 13.2 Å². The van der Waals surface area contributed by atoms with E-state index in [2.05, 4.69) is 15.4 Å². The second-order valence-corrected chi connectivity index (χ2v) is 8.75. The molecule has 1 unspecified atom stereocenters. The molecule has 0 bridgehead atoms. The minimum atomic E-state index is -4.56. The van der Waals surface area contributed by atoms with Crippen LogP contribution in [-0.2, 0) is 5.54 Å². The molecule has 0 aliphatic rings. The summed E-state index contributed by atoms with van der Waals surface area (Å²) in [5, 5.41) is 7.21. The number of hydrogen-bond acceptors (Lipinski definition) is 3. The van der Waals surface area contributed by atoms with E-state index < -0.39 is 23.2 Å². The Morgan fingerprint density at radius 3 is 2.21 bits per heavy atom. The van der Waals surface area contributed by atoms with Gasteiger partial charge in [0.05, 0.1) is 22.2 Å². The van der Waals surface area contributed by atoms with Crippen LogP contribution in [0.3, 0.4) is 0 Å². The molecule has 2 aromatic heterocycles. The van der Waals surface area contributed by atoms with Crippen molar-refractivity contribution in [1.82, 2.24) is 20.1 Å². The minimum absolute atomic E-state index is 0.000232. The van der Waals surface area contributed by atoms with Gasteiger partial charge < -0.3 is 5.32 Å². The van der Waals surface area contributed by atoms with Gasteiger partial charge in [0.2, 0.25) is 0 Å². The Labute approximate surface area is 163 Å². The molecule has 1 amide bonds. The Kier molecular flexibility index (Phi) is 5.58. The number of alkyl halides is 3. The standard InChI is InChI=1S/C20H29F3N4O/c1-9-19(8,20(21,22)23)25-17(28)13-10-14(11(2)3)24-16-15(13)12(4)26-27(16)18(5,6)7/h10-11H,9H2,1-8H3,(H,25,28).